The molecule has 0 aromatic carbocycles. The van der Waals surface area contributed by atoms with Crippen LogP contribution in [0.25, 0.3) is 0 Å². The van der Waals surface area contributed by atoms with Gasteiger partial charge in [-0.15, -0.1) is 0 Å². The summed E-state index contributed by atoms with van der Waals surface area (Å²) in [6.45, 7) is 4.17. The molecule has 0 heterocycles. The molecule has 26 valence electrons. The molecule has 0 bridgehead atoms. The summed E-state index contributed by atoms with van der Waals surface area (Å²) in [6, 6.07) is 0. The third kappa shape index (κ3) is 13.4. The number of hydrogen-bond acceptors (Lipinski definition) is 0. The second-order valence-electron chi connectivity index (χ2n) is 0.847. The van der Waals surface area contributed by atoms with Gasteiger partial charge in [0.1, 0.15) is 0 Å². The van der Waals surface area contributed by atoms with Crippen LogP contribution in [0.15, 0.2) is 0 Å². The monoisotopic (exact) mass is 94.0 g/mol. The van der Waals surface area contributed by atoms with Crippen LogP contribution in [0.2, 0.25) is 0 Å². The number of rotatable bonds is 1. The van der Waals surface area contributed by atoms with Crippen LogP contribution >= 0.6 is 16.5 Å². The van der Waals surface area contributed by atoms with Crippen molar-refractivity contribution in [2.45, 2.75) is 0 Å². The van der Waals surface area contributed by atoms with E-state index in [0.29, 0.717) is 0 Å². The Morgan fingerprint density at radius 1 is 2.00 bits per heavy atom. The number of hydrogen-bond donors (Lipinski definition) is 0. The predicted molar refractivity (Wildman–Crippen MR) is 27.1 cm³/mol. The molecule has 0 aromatic heterocycles. The Morgan fingerprint density at radius 2 is 2.25 bits per heavy atom. The Bertz CT molecular complexity index is 21.6. The van der Waals surface area contributed by atoms with E-state index < -0.39 is 0 Å². The van der Waals surface area contributed by atoms with Gasteiger partial charge in [-0.3, -0.25) is 7.61 Å². The van der Waals surface area contributed by atoms with Gasteiger partial charge < -0.3 is 8.87 Å². The first-order valence-electron chi connectivity index (χ1n) is 1.54. The molecule has 0 saturated carbocycles. The fourth-order valence-electron chi connectivity index (χ4n) is 0. The molecule has 0 radical (unpaired) electrons. The second-order valence-corrected chi connectivity index (χ2v) is 4.94. The maximum atomic E-state index is 6.66. The lowest BCUT2D eigenvalue weighted by atomic mass is 11.9. The third-order valence-electron chi connectivity index (χ3n) is 0. The minimum Gasteiger partial charge on any atom is -0.527 e. The van der Waals surface area contributed by atoms with Crippen LogP contribution in [0, 0.1) is 0 Å². The lowest BCUT2D eigenvalue weighted by Gasteiger charge is -2.00. The highest BCUT2D eigenvalue weighted by Crippen LogP contribution is 2.33. The molecular formula is C2H7P2-. The SMILES string of the molecule is [2H][P-]P(C)C. The van der Waals surface area contributed by atoms with E-state index in [2.05, 4.69) is 13.3 Å². The van der Waals surface area contributed by atoms with E-state index in [-0.39, 0.29) is 7.61 Å². The van der Waals surface area contributed by atoms with E-state index in [1.54, 1.807) is 0 Å². The van der Waals surface area contributed by atoms with Gasteiger partial charge in [0.15, 0.2) is 0 Å². The molecule has 2 heteroatoms. The first kappa shape index (κ1) is 3.07. The van der Waals surface area contributed by atoms with Gasteiger partial charge in [-0.1, -0.05) is 13.3 Å². The van der Waals surface area contributed by atoms with Crippen LogP contribution in [0.1, 0.15) is 0 Å². The highest BCUT2D eigenvalue weighted by Gasteiger charge is 1.49. The molecule has 0 fully saturated rings. The smallest absolute Gasteiger partial charge is 0.0720 e. The Hall–Kier alpha value is 0.860. The summed E-state index contributed by atoms with van der Waals surface area (Å²) in [6.07, 6.45) is 0. The van der Waals surface area contributed by atoms with Crippen molar-refractivity contribution in [2.24, 2.45) is 0 Å². The highest BCUT2D eigenvalue weighted by molar-refractivity contribution is 8.12. The minimum atomic E-state index is 0.0406. The summed E-state index contributed by atoms with van der Waals surface area (Å²) in [5, 5.41) is 0. The maximum Gasteiger partial charge on any atom is -0.0720 e. The van der Waals surface area contributed by atoms with E-state index in [1.165, 1.54) is 0 Å². The summed E-state index contributed by atoms with van der Waals surface area (Å²) in [5.41, 5.74) is 0. The molecule has 0 aliphatic carbocycles. The van der Waals surface area contributed by atoms with Gasteiger partial charge in [0, 0.05) is 0 Å². The molecule has 0 amide bonds. The van der Waals surface area contributed by atoms with Crippen molar-refractivity contribution in [3.8, 4) is 0 Å². The summed E-state index contributed by atoms with van der Waals surface area (Å²) < 4.78 is 6.66. The van der Waals surface area contributed by atoms with E-state index in [0.717, 1.165) is 8.87 Å². The van der Waals surface area contributed by atoms with Gasteiger partial charge in [0.05, 0.1) is 0 Å². The van der Waals surface area contributed by atoms with Gasteiger partial charge >= 0.3 is 0 Å². The van der Waals surface area contributed by atoms with Gasteiger partial charge in [0.25, 0.3) is 0 Å². The van der Waals surface area contributed by atoms with Crippen LogP contribution in [0.3, 0.4) is 0 Å². The average molecular weight is 94.0 g/mol. The van der Waals surface area contributed by atoms with E-state index in [1.807, 2.05) is 0 Å². The van der Waals surface area contributed by atoms with Crippen molar-refractivity contribution in [1.82, 2.24) is 0 Å². The molecule has 4 heavy (non-hydrogen) atoms. The first-order valence-corrected chi connectivity index (χ1v) is 4.48. The van der Waals surface area contributed by atoms with Gasteiger partial charge in [-0.25, -0.2) is 1.28 Å². The second kappa shape index (κ2) is 2.12. The van der Waals surface area contributed by atoms with Crippen molar-refractivity contribution >= 4 is 16.5 Å². The Balaban J connectivity index is 2.54. The summed E-state index contributed by atoms with van der Waals surface area (Å²) in [7, 11) is 0.852. The normalized spacial score (nSPS) is 15.2. The molecule has 0 nitrogen and oxygen atoms in total. The molecule has 0 unspecified atom stereocenters. The van der Waals surface area contributed by atoms with Crippen LogP contribution in [-0.2, 0) is 0 Å². The fraction of sp³-hybridized carbons (Fsp3) is 1.00. The predicted octanol–water partition coefficient (Wildman–Crippen LogP) is 1.79. The zero-order valence-corrected chi connectivity index (χ0v) is 4.68. The first-order chi connectivity index (χ1) is 2.27. The largest absolute Gasteiger partial charge is 0.527 e. The van der Waals surface area contributed by atoms with E-state index in [9.17, 15) is 0 Å². The standard InChI is InChI=1S/C2H7P2/c1-4(2)3/h3H,1-2H3/q-1/i3D. The molecule has 0 spiro atoms. The zero-order valence-electron chi connectivity index (χ0n) is 3.89. The molecule has 0 atom stereocenters. The fourth-order valence-corrected chi connectivity index (χ4v) is 0. The zero-order chi connectivity index (χ0) is 4.28. The molecule has 0 aromatic rings. The van der Waals surface area contributed by atoms with Crippen molar-refractivity contribution in [3.05, 3.63) is 0 Å². The van der Waals surface area contributed by atoms with E-state index >= 15 is 0 Å². The molecular weight excluding hydrogens is 86.0 g/mol. The minimum absolute atomic E-state index is 0.0406. The average Bonchev–Trinajstić information content (AvgIpc) is 1.38. The molecule has 0 saturated heterocycles. The lowest BCUT2D eigenvalue weighted by Crippen LogP contribution is -1.34. The van der Waals surface area contributed by atoms with Gasteiger partial charge in [-0.05, 0) is 0 Å². The molecule has 0 N–H and O–H groups in total. The quantitative estimate of drug-likeness (QED) is 0.434. The van der Waals surface area contributed by atoms with Crippen molar-refractivity contribution in [2.75, 3.05) is 13.3 Å². The Morgan fingerprint density at radius 3 is 2.25 bits per heavy atom. The molecule has 0 aliphatic heterocycles. The summed E-state index contributed by atoms with van der Waals surface area (Å²) in [5.74, 6) is 0. The highest BCUT2D eigenvalue weighted by atomic mass is 32.0. The Labute approximate surface area is 32.1 Å². The summed E-state index contributed by atoms with van der Waals surface area (Å²) in [4.78, 5) is 0. The molecule has 0 aliphatic rings. The lowest BCUT2D eigenvalue weighted by molar-refractivity contribution is 2.30. The van der Waals surface area contributed by atoms with Gasteiger partial charge in [0.2, 0.25) is 0 Å². The maximum absolute atomic E-state index is 6.66. The van der Waals surface area contributed by atoms with Crippen LogP contribution in [0.5, 0.6) is 0 Å². The summed E-state index contributed by atoms with van der Waals surface area (Å²) >= 11 is 0. The topological polar surface area (TPSA) is 0 Å². The van der Waals surface area contributed by atoms with Crippen molar-refractivity contribution in [1.29, 1.82) is 1.28 Å². The van der Waals surface area contributed by atoms with Crippen molar-refractivity contribution in [3.63, 3.8) is 0 Å². The van der Waals surface area contributed by atoms with Crippen molar-refractivity contribution < 1.29 is 0 Å². The van der Waals surface area contributed by atoms with Crippen LogP contribution in [0.4, 0.5) is 0 Å². The van der Waals surface area contributed by atoms with Gasteiger partial charge in [-0.2, -0.15) is 0 Å². The van der Waals surface area contributed by atoms with Crippen LogP contribution < -0.4 is 0 Å². The van der Waals surface area contributed by atoms with E-state index in [4.69, 9.17) is 1.28 Å². The van der Waals surface area contributed by atoms with Crippen LogP contribution in [-0.4, -0.2) is 14.6 Å². The molecule has 0 rings (SSSR count). The third-order valence-corrected chi connectivity index (χ3v) is 0. The Kier molecular flexibility index (Phi) is 1.62.